The number of pyridine rings is 1. The smallest absolute Gasteiger partial charge is 0.276 e. The summed E-state index contributed by atoms with van der Waals surface area (Å²) in [6.45, 7) is 0.247. The molecule has 0 aliphatic carbocycles. The van der Waals surface area contributed by atoms with Crippen molar-refractivity contribution >= 4 is 11.8 Å². The van der Waals surface area contributed by atoms with E-state index in [2.05, 4.69) is 15.2 Å². The summed E-state index contributed by atoms with van der Waals surface area (Å²) < 4.78 is 16.3. The van der Waals surface area contributed by atoms with Crippen LogP contribution >= 0.6 is 11.8 Å². The zero-order valence-corrected chi connectivity index (χ0v) is 13.0. The van der Waals surface area contributed by atoms with Crippen molar-refractivity contribution in [1.29, 1.82) is 0 Å². The van der Waals surface area contributed by atoms with Gasteiger partial charge in [0.15, 0.2) is 11.5 Å². The van der Waals surface area contributed by atoms with Gasteiger partial charge in [-0.15, -0.1) is 10.2 Å². The van der Waals surface area contributed by atoms with Gasteiger partial charge in [-0.1, -0.05) is 17.8 Å². The molecule has 0 unspecified atom stereocenters. The fourth-order valence-electron chi connectivity index (χ4n) is 2.20. The van der Waals surface area contributed by atoms with Crippen LogP contribution in [0, 0.1) is 0 Å². The molecule has 7 heteroatoms. The number of aromatic nitrogens is 3. The van der Waals surface area contributed by atoms with E-state index in [9.17, 15) is 0 Å². The fraction of sp³-hybridized carbons (Fsp3) is 0.188. The molecule has 1 aromatic carbocycles. The van der Waals surface area contributed by atoms with Crippen LogP contribution in [0.25, 0.3) is 11.5 Å². The van der Waals surface area contributed by atoms with Gasteiger partial charge < -0.3 is 13.9 Å². The van der Waals surface area contributed by atoms with E-state index >= 15 is 0 Å². The molecule has 6 nitrogen and oxygen atoms in total. The number of hydrogen-bond acceptors (Lipinski definition) is 7. The topological polar surface area (TPSA) is 70.3 Å². The van der Waals surface area contributed by atoms with Crippen molar-refractivity contribution in [3.63, 3.8) is 0 Å². The number of thioether (sulfide) groups is 1. The largest absolute Gasteiger partial charge is 0.454 e. The highest BCUT2D eigenvalue weighted by Gasteiger charge is 2.16. The van der Waals surface area contributed by atoms with Gasteiger partial charge in [-0.2, -0.15) is 0 Å². The van der Waals surface area contributed by atoms with Gasteiger partial charge in [0.25, 0.3) is 5.22 Å². The van der Waals surface area contributed by atoms with Crippen molar-refractivity contribution in [2.45, 2.75) is 11.6 Å². The van der Waals surface area contributed by atoms with E-state index in [1.54, 1.807) is 6.20 Å². The lowest BCUT2D eigenvalue weighted by Gasteiger charge is -1.98. The number of rotatable bonds is 5. The van der Waals surface area contributed by atoms with Crippen LogP contribution in [0.2, 0.25) is 0 Å². The number of benzene rings is 1. The summed E-state index contributed by atoms with van der Waals surface area (Å²) in [5.74, 6) is 2.74. The maximum Gasteiger partial charge on any atom is 0.276 e. The molecule has 0 spiro atoms. The SMILES string of the molecule is c1ccc(CCSc2nnc(-c3ccc4c(c3)OCO4)o2)nc1. The van der Waals surface area contributed by atoms with Crippen molar-refractivity contribution < 1.29 is 13.9 Å². The summed E-state index contributed by atoms with van der Waals surface area (Å²) in [7, 11) is 0. The maximum atomic E-state index is 5.69. The Morgan fingerprint density at radius 3 is 2.91 bits per heavy atom. The third-order valence-corrected chi connectivity index (χ3v) is 4.16. The van der Waals surface area contributed by atoms with Crippen LogP contribution in [-0.2, 0) is 6.42 Å². The zero-order valence-electron chi connectivity index (χ0n) is 12.1. The Bertz CT molecular complexity index is 807. The molecule has 0 saturated carbocycles. The molecule has 1 aliphatic rings. The molecule has 3 heterocycles. The first-order chi connectivity index (χ1) is 11.4. The first kappa shape index (κ1) is 14.1. The summed E-state index contributed by atoms with van der Waals surface area (Å²) >= 11 is 1.52. The molecule has 0 amide bonds. The van der Waals surface area contributed by atoms with E-state index in [1.165, 1.54) is 11.8 Å². The van der Waals surface area contributed by atoms with Gasteiger partial charge in [-0.25, -0.2) is 0 Å². The van der Waals surface area contributed by atoms with Crippen molar-refractivity contribution in [3.8, 4) is 23.0 Å². The standard InChI is InChI=1S/C16H13N3O3S/c1-2-7-17-12(3-1)6-8-23-16-19-18-15(22-16)11-4-5-13-14(9-11)21-10-20-13/h1-5,7,9H,6,8,10H2. The number of aryl methyl sites for hydroxylation is 1. The molecule has 1 aliphatic heterocycles. The second-order valence-electron chi connectivity index (χ2n) is 4.86. The van der Waals surface area contributed by atoms with Crippen LogP contribution in [0.5, 0.6) is 11.5 Å². The second kappa shape index (κ2) is 6.29. The Labute approximate surface area is 136 Å². The van der Waals surface area contributed by atoms with E-state index in [0.717, 1.165) is 29.2 Å². The summed E-state index contributed by atoms with van der Waals surface area (Å²) in [6, 6.07) is 11.5. The lowest BCUT2D eigenvalue weighted by Crippen LogP contribution is -1.92. The Morgan fingerprint density at radius 2 is 2.00 bits per heavy atom. The predicted octanol–water partition coefficient (Wildman–Crippen LogP) is 3.20. The summed E-state index contributed by atoms with van der Waals surface area (Å²) in [6.07, 6.45) is 2.65. The van der Waals surface area contributed by atoms with Gasteiger partial charge in [-0.3, -0.25) is 4.98 Å². The molecule has 0 atom stereocenters. The molecule has 0 bridgehead atoms. The average molecular weight is 327 g/mol. The minimum absolute atomic E-state index is 0.247. The molecule has 3 aromatic rings. The number of ether oxygens (including phenoxy) is 2. The number of fused-ring (bicyclic) bond motifs is 1. The van der Waals surface area contributed by atoms with E-state index in [-0.39, 0.29) is 6.79 Å². The second-order valence-corrected chi connectivity index (χ2v) is 5.91. The third-order valence-electron chi connectivity index (χ3n) is 3.34. The van der Waals surface area contributed by atoms with E-state index < -0.39 is 0 Å². The Kier molecular flexibility index (Phi) is 3.85. The first-order valence-electron chi connectivity index (χ1n) is 7.15. The van der Waals surface area contributed by atoms with E-state index in [4.69, 9.17) is 13.9 Å². The van der Waals surface area contributed by atoms with Crippen LogP contribution in [0.4, 0.5) is 0 Å². The van der Waals surface area contributed by atoms with Gasteiger partial charge in [-0.05, 0) is 36.8 Å². The lowest BCUT2D eigenvalue weighted by atomic mass is 10.2. The molecule has 116 valence electrons. The van der Waals surface area contributed by atoms with Gasteiger partial charge in [0.05, 0.1) is 0 Å². The average Bonchev–Trinajstić information content (AvgIpc) is 3.24. The molecule has 23 heavy (non-hydrogen) atoms. The van der Waals surface area contributed by atoms with Crippen molar-refractivity contribution in [1.82, 2.24) is 15.2 Å². The van der Waals surface area contributed by atoms with Crippen LogP contribution in [0.15, 0.2) is 52.2 Å². The fourth-order valence-corrected chi connectivity index (χ4v) is 2.93. The zero-order chi connectivity index (χ0) is 15.5. The normalized spacial score (nSPS) is 12.5. The Balaban J connectivity index is 1.41. The van der Waals surface area contributed by atoms with Crippen molar-refractivity contribution in [3.05, 3.63) is 48.3 Å². The summed E-state index contributed by atoms with van der Waals surface area (Å²) in [4.78, 5) is 4.29. The quantitative estimate of drug-likeness (QED) is 0.666. The number of hydrogen-bond donors (Lipinski definition) is 0. The highest BCUT2D eigenvalue weighted by atomic mass is 32.2. The maximum absolute atomic E-state index is 5.69. The summed E-state index contributed by atoms with van der Waals surface area (Å²) in [5.41, 5.74) is 1.87. The van der Waals surface area contributed by atoms with Gasteiger partial charge >= 0.3 is 0 Å². The molecular formula is C16H13N3O3S. The van der Waals surface area contributed by atoms with Crippen molar-refractivity contribution in [2.75, 3.05) is 12.5 Å². The highest BCUT2D eigenvalue weighted by molar-refractivity contribution is 7.99. The highest BCUT2D eigenvalue weighted by Crippen LogP contribution is 2.35. The third kappa shape index (κ3) is 3.14. The van der Waals surface area contributed by atoms with E-state index in [1.807, 2.05) is 36.4 Å². The Morgan fingerprint density at radius 1 is 1.04 bits per heavy atom. The van der Waals surface area contributed by atoms with Crippen LogP contribution in [0.3, 0.4) is 0 Å². The Hall–Kier alpha value is -2.54. The number of nitrogens with zero attached hydrogens (tertiary/aromatic N) is 3. The minimum atomic E-state index is 0.247. The van der Waals surface area contributed by atoms with Crippen LogP contribution in [-0.4, -0.2) is 27.7 Å². The van der Waals surface area contributed by atoms with Crippen LogP contribution < -0.4 is 9.47 Å². The minimum Gasteiger partial charge on any atom is -0.454 e. The van der Waals surface area contributed by atoms with Crippen molar-refractivity contribution in [2.24, 2.45) is 0 Å². The monoisotopic (exact) mass is 327 g/mol. The van der Waals surface area contributed by atoms with E-state index in [0.29, 0.717) is 16.9 Å². The molecule has 2 aromatic heterocycles. The molecular weight excluding hydrogens is 314 g/mol. The predicted molar refractivity (Wildman–Crippen MR) is 84.5 cm³/mol. The molecule has 0 radical (unpaired) electrons. The summed E-state index contributed by atoms with van der Waals surface area (Å²) in [5, 5.41) is 8.71. The van der Waals surface area contributed by atoms with Gasteiger partial charge in [0, 0.05) is 23.2 Å². The molecule has 4 rings (SSSR count). The molecule has 0 fully saturated rings. The molecule has 0 saturated heterocycles. The molecule has 0 N–H and O–H groups in total. The van der Waals surface area contributed by atoms with Gasteiger partial charge in [0.1, 0.15) is 0 Å². The van der Waals surface area contributed by atoms with Gasteiger partial charge in [0.2, 0.25) is 12.7 Å². The van der Waals surface area contributed by atoms with Crippen LogP contribution in [0.1, 0.15) is 5.69 Å². The first-order valence-corrected chi connectivity index (χ1v) is 8.13. The lowest BCUT2D eigenvalue weighted by molar-refractivity contribution is 0.174.